The molecule has 0 bridgehead atoms. The van der Waals surface area contributed by atoms with Crippen LogP contribution in [0.2, 0.25) is 0 Å². The van der Waals surface area contributed by atoms with E-state index in [4.69, 9.17) is 4.42 Å². The zero-order chi connectivity index (χ0) is 12.4. The second-order valence-corrected chi connectivity index (χ2v) is 4.60. The van der Waals surface area contributed by atoms with Crippen molar-refractivity contribution in [2.75, 3.05) is 0 Å². The third-order valence-corrected chi connectivity index (χ3v) is 3.39. The van der Waals surface area contributed by atoms with E-state index in [-0.39, 0.29) is 0 Å². The van der Waals surface area contributed by atoms with Crippen molar-refractivity contribution in [1.29, 1.82) is 0 Å². The summed E-state index contributed by atoms with van der Waals surface area (Å²) in [6, 6.07) is 17.2. The Morgan fingerprint density at radius 2 is 1.67 bits per heavy atom. The normalized spacial score (nSPS) is 10.9. The van der Waals surface area contributed by atoms with Crippen LogP contribution in [0, 0.1) is 0 Å². The molecule has 1 heterocycles. The van der Waals surface area contributed by atoms with Crippen LogP contribution in [-0.4, -0.2) is 0 Å². The van der Waals surface area contributed by atoms with Gasteiger partial charge in [0.2, 0.25) is 0 Å². The molecule has 0 radical (unpaired) electrons. The average Bonchev–Trinajstić information content (AvgIpc) is 2.89. The highest BCUT2D eigenvalue weighted by Crippen LogP contribution is 2.22. The number of rotatable bonds is 3. The van der Waals surface area contributed by atoms with Gasteiger partial charge in [0.25, 0.3) is 0 Å². The molecule has 0 unspecified atom stereocenters. The van der Waals surface area contributed by atoms with Gasteiger partial charge in [-0.25, -0.2) is 0 Å². The van der Waals surface area contributed by atoms with Crippen LogP contribution in [0.3, 0.4) is 0 Å². The fourth-order valence-corrected chi connectivity index (χ4v) is 2.31. The molecule has 0 N–H and O–H groups in total. The van der Waals surface area contributed by atoms with E-state index in [1.807, 2.05) is 6.07 Å². The first-order chi connectivity index (χ1) is 8.86. The van der Waals surface area contributed by atoms with Crippen LogP contribution >= 0.6 is 0 Å². The summed E-state index contributed by atoms with van der Waals surface area (Å²) >= 11 is 0. The molecule has 3 aromatic rings. The van der Waals surface area contributed by atoms with Crippen LogP contribution in [0.4, 0.5) is 0 Å². The Bertz CT molecular complexity index is 647. The van der Waals surface area contributed by atoms with Gasteiger partial charge in [0.15, 0.2) is 0 Å². The molecule has 3 rings (SSSR count). The summed E-state index contributed by atoms with van der Waals surface area (Å²) in [6.45, 7) is 2.18. The Morgan fingerprint density at radius 1 is 0.889 bits per heavy atom. The number of hydrogen-bond donors (Lipinski definition) is 0. The second-order valence-electron chi connectivity index (χ2n) is 4.60. The highest BCUT2D eigenvalue weighted by Gasteiger charge is 2.04. The third kappa shape index (κ3) is 2.04. The molecule has 0 spiro atoms. The van der Waals surface area contributed by atoms with E-state index in [0.29, 0.717) is 0 Å². The van der Waals surface area contributed by atoms with Gasteiger partial charge in [-0.1, -0.05) is 49.4 Å². The molecule has 0 amide bonds. The summed E-state index contributed by atoms with van der Waals surface area (Å²) in [4.78, 5) is 0. The SMILES string of the molecule is CCc1ccc(Cc2cccc3ccoc23)cc1. The van der Waals surface area contributed by atoms with E-state index in [1.54, 1.807) is 6.26 Å². The lowest BCUT2D eigenvalue weighted by atomic mass is 10.0. The molecule has 0 saturated carbocycles. The average molecular weight is 236 g/mol. The number of furan rings is 1. The van der Waals surface area contributed by atoms with Gasteiger partial charge in [0.1, 0.15) is 5.58 Å². The number of aryl methyl sites for hydroxylation is 1. The molecule has 1 aromatic heterocycles. The summed E-state index contributed by atoms with van der Waals surface area (Å²) in [5.74, 6) is 0. The monoisotopic (exact) mass is 236 g/mol. The summed E-state index contributed by atoms with van der Waals surface area (Å²) in [7, 11) is 0. The maximum Gasteiger partial charge on any atom is 0.137 e. The van der Waals surface area contributed by atoms with Crippen LogP contribution in [-0.2, 0) is 12.8 Å². The lowest BCUT2D eigenvalue weighted by Gasteiger charge is -2.04. The smallest absolute Gasteiger partial charge is 0.137 e. The maximum atomic E-state index is 5.57. The first-order valence-corrected chi connectivity index (χ1v) is 6.39. The van der Waals surface area contributed by atoms with E-state index < -0.39 is 0 Å². The number of benzene rings is 2. The third-order valence-electron chi connectivity index (χ3n) is 3.39. The molecule has 0 aliphatic carbocycles. The molecule has 0 saturated heterocycles. The van der Waals surface area contributed by atoms with Crippen molar-refractivity contribution in [3.05, 3.63) is 71.5 Å². The van der Waals surface area contributed by atoms with E-state index in [1.165, 1.54) is 22.1 Å². The molecular formula is C17H16O. The molecule has 90 valence electrons. The van der Waals surface area contributed by atoms with Gasteiger partial charge in [-0.15, -0.1) is 0 Å². The first-order valence-electron chi connectivity index (χ1n) is 6.39. The molecule has 2 aromatic carbocycles. The summed E-state index contributed by atoms with van der Waals surface area (Å²) < 4.78 is 5.57. The molecule has 1 heteroatoms. The number of hydrogen-bond acceptors (Lipinski definition) is 1. The molecular weight excluding hydrogens is 220 g/mol. The Hall–Kier alpha value is -2.02. The zero-order valence-corrected chi connectivity index (χ0v) is 10.5. The van der Waals surface area contributed by atoms with Crippen molar-refractivity contribution in [3.63, 3.8) is 0 Å². The highest BCUT2D eigenvalue weighted by atomic mass is 16.3. The van der Waals surface area contributed by atoms with Crippen molar-refractivity contribution in [1.82, 2.24) is 0 Å². The minimum Gasteiger partial charge on any atom is -0.464 e. The molecule has 0 atom stereocenters. The van der Waals surface area contributed by atoms with Gasteiger partial charge in [-0.05, 0) is 29.2 Å². The molecule has 0 fully saturated rings. The quantitative estimate of drug-likeness (QED) is 0.648. The van der Waals surface area contributed by atoms with Crippen LogP contribution in [0.15, 0.2) is 59.2 Å². The lowest BCUT2D eigenvalue weighted by molar-refractivity contribution is 0.612. The van der Waals surface area contributed by atoms with Gasteiger partial charge >= 0.3 is 0 Å². The molecule has 1 nitrogen and oxygen atoms in total. The summed E-state index contributed by atoms with van der Waals surface area (Å²) in [5, 5.41) is 1.18. The Balaban J connectivity index is 1.93. The molecule has 0 aliphatic heterocycles. The second kappa shape index (κ2) is 4.69. The van der Waals surface area contributed by atoms with Crippen molar-refractivity contribution in [2.24, 2.45) is 0 Å². The highest BCUT2D eigenvalue weighted by molar-refractivity contribution is 5.80. The van der Waals surface area contributed by atoms with Crippen LogP contribution in [0.25, 0.3) is 11.0 Å². The number of para-hydroxylation sites is 1. The maximum absolute atomic E-state index is 5.57. The number of fused-ring (bicyclic) bond motifs is 1. The van der Waals surface area contributed by atoms with Crippen molar-refractivity contribution in [2.45, 2.75) is 19.8 Å². The van der Waals surface area contributed by atoms with Gasteiger partial charge in [0.05, 0.1) is 6.26 Å². The van der Waals surface area contributed by atoms with Crippen molar-refractivity contribution in [3.8, 4) is 0 Å². The largest absolute Gasteiger partial charge is 0.464 e. The van der Waals surface area contributed by atoms with Crippen LogP contribution < -0.4 is 0 Å². The van der Waals surface area contributed by atoms with E-state index in [2.05, 4.69) is 49.4 Å². The predicted octanol–water partition coefficient (Wildman–Crippen LogP) is 4.59. The Labute approximate surface area is 107 Å². The molecule has 0 aliphatic rings. The van der Waals surface area contributed by atoms with E-state index in [0.717, 1.165) is 18.4 Å². The minimum absolute atomic E-state index is 0.925. The van der Waals surface area contributed by atoms with Gasteiger partial charge in [-0.3, -0.25) is 0 Å². The Morgan fingerprint density at radius 3 is 2.44 bits per heavy atom. The van der Waals surface area contributed by atoms with Crippen molar-refractivity contribution >= 4 is 11.0 Å². The topological polar surface area (TPSA) is 13.1 Å². The van der Waals surface area contributed by atoms with E-state index in [9.17, 15) is 0 Å². The lowest BCUT2D eigenvalue weighted by Crippen LogP contribution is -1.89. The summed E-state index contributed by atoms with van der Waals surface area (Å²) in [5.41, 5.74) is 4.98. The van der Waals surface area contributed by atoms with Gasteiger partial charge in [0, 0.05) is 11.8 Å². The minimum atomic E-state index is 0.925. The zero-order valence-electron chi connectivity index (χ0n) is 10.5. The predicted molar refractivity (Wildman–Crippen MR) is 74.8 cm³/mol. The standard InChI is InChI=1S/C17H16O/c1-2-13-6-8-14(9-7-13)12-16-5-3-4-15-10-11-18-17(15)16/h3-11H,2,12H2,1H3. The molecule has 18 heavy (non-hydrogen) atoms. The Kier molecular flexibility index (Phi) is 2.89. The van der Waals surface area contributed by atoms with Crippen LogP contribution in [0.1, 0.15) is 23.6 Å². The van der Waals surface area contributed by atoms with Crippen LogP contribution in [0.5, 0.6) is 0 Å². The fraction of sp³-hybridized carbons (Fsp3) is 0.176. The van der Waals surface area contributed by atoms with E-state index >= 15 is 0 Å². The fourth-order valence-electron chi connectivity index (χ4n) is 2.31. The summed E-state index contributed by atoms with van der Waals surface area (Å²) in [6.07, 6.45) is 3.78. The van der Waals surface area contributed by atoms with Gasteiger partial charge < -0.3 is 4.42 Å². The first kappa shape index (κ1) is 11.1. The van der Waals surface area contributed by atoms with Crippen molar-refractivity contribution < 1.29 is 4.42 Å². The van der Waals surface area contributed by atoms with Gasteiger partial charge in [-0.2, -0.15) is 0 Å².